The Morgan fingerprint density at radius 1 is 1.16 bits per heavy atom. The first kappa shape index (κ1) is 15.6. The molecule has 108 valence electrons. The summed E-state index contributed by atoms with van der Waals surface area (Å²) >= 11 is 0. The summed E-state index contributed by atoms with van der Waals surface area (Å²) in [5, 5.41) is 12.0. The number of ether oxygens (including phenoxy) is 3. The van der Waals surface area contributed by atoms with Crippen LogP contribution in [0.5, 0.6) is 17.2 Å². The number of nitrogens with one attached hydrogen (secondary N) is 1. The molecule has 6 nitrogen and oxygen atoms in total. The third kappa shape index (κ3) is 3.73. The minimum absolute atomic E-state index is 0.0565. The smallest absolute Gasteiger partial charge is 0.203 e. The molecule has 0 aromatic heterocycles. The Hall–Kier alpha value is -1.50. The molecule has 0 fully saturated rings. The highest BCUT2D eigenvalue weighted by Gasteiger charge is 2.17. The first-order chi connectivity index (χ1) is 9.21. The Morgan fingerprint density at radius 3 is 2.11 bits per heavy atom. The monoisotopic (exact) mass is 270 g/mol. The maximum atomic E-state index is 8.87. The molecule has 0 saturated carbocycles. The van der Waals surface area contributed by atoms with Crippen molar-refractivity contribution < 1.29 is 19.3 Å². The molecule has 19 heavy (non-hydrogen) atoms. The fraction of sp³-hybridized carbons (Fsp3) is 0.538. The number of hydrogen-bond donors (Lipinski definition) is 3. The average molecular weight is 270 g/mol. The molecule has 0 amide bonds. The molecule has 0 heterocycles. The zero-order chi connectivity index (χ0) is 14.3. The van der Waals surface area contributed by atoms with E-state index in [1.54, 1.807) is 21.3 Å². The van der Waals surface area contributed by atoms with Crippen LogP contribution < -0.4 is 25.3 Å². The second-order valence-electron chi connectivity index (χ2n) is 3.92. The molecule has 0 spiro atoms. The zero-order valence-corrected chi connectivity index (χ0v) is 11.6. The number of methoxy groups -OCH3 is 3. The highest BCUT2D eigenvalue weighted by Crippen LogP contribution is 2.39. The second kappa shape index (κ2) is 7.83. The second-order valence-corrected chi connectivity index (χ2v) is 3.92. The van der Waals surface area contributed by atoms with Crippen LogP contribution in [-0.4, -0.2) is 46.1 Å². The number of hydrogen-bond acceptors (Lipinski definition) is 6. The van der Waals surface area contributed by atoms with Crippen LogP contribution in [0.1, 0.15) is 11.6 Å². The molecular formula is C13H22N2O4. The lowest BCUT2D eigenvalue weighted by atomic mass is 10.1. The lowest BCUT2D eigenvalue weighted by molar-refractivity contribution is 0.284. The van der Waals surface area contributed by atoms with E-state index in [2.05, 4.69) is 5.32 Å². The van der Waals surface area contributed by atoms with Gasteiger partial charge in [-0.05, 0) is 17.7 Å². The molecular weight excluding hydrogens is 248 g/mol. The standard InChI is InChI=1S/C13H22N2O4/c1-17-11-6-9(10(8-14)15-4-5-16)7-12(18-2)13(11)19-3/h6-7,10,15-16H,4-5,8,14H2,1-3H3. The van der Waals surface area contributed by atoms with Gasteiger partial charge in [-0.2, -0.15) is 0 Å². The molecule has 1 rings (SSSR count). The van der Waals surface area contributed by atoms with Crippen molar-refractivity contribution in [1.29, 1.82) is 0 Å². The van der Waals surface area contributed by atoms with Gasteiger partial charge in [0.05, 0.1) is 27.9 Å². The number of aliphatic hydroxyl groups excluding tert-OH is 1. The van der Waals surface area contributed by atoms with Gasteiger partial charge in [0.2, 0.25) is 5.75 Å². The molecule has 4 N–H and O–H groups in total. The van der Waals surface area contributed by atoms with Crippen LogP contribution in [0, 0.1) is 0 Å². The summed E-state index contributed by atoms with van der Waals surface area (Å²) in [6, 6.07) is 3.62. The SMILES string of the molecule is COc1cc(C(CN)NCCO)cc(OC)c1OC. The summed E-state index contributed by atoms with van der Waals surface area (Å²) in [7, 11) is 4.70. The normalized spacial score (nSPS) is 12.1. The molecule has 0 aliphatic carbocycles. The Balaban J connectivity index is 3.12. The molecule has 0 aliphatic rings. The van der Waals surface area contributed by atoms with Crippen LogP contribution in [0.2, 0.25) is 0 Å². The van der Waals surface area contributed by atoms with Gasteiger partial charge in [0.15, 0.2) is 11.5 Å². The first-order valence-electron chi connectivity index (χ1n) is 6.06. The maximum absolute atomic E-state index is 8.87. The van der Waals surface area contributed by atoms with E-state index in [1.165, 1.54) is 0 Å². The Kier molecular flexibility index (Phi) is 6.41. The molecule has 1 aromatic rings. The average Bonchev–Trinajstić information content (AvgIpc) is 2.46. The van der Waals surface area contributed by atoms with Crippen molar-refractivity contribution in [2.24, 2.45) is 5.73 Å². The van der Waals surface area contributed by atoms with E-state index >= 15 is 0 Å². The minimum atomic E-state index is -0.0825. The zero-order valence-electron chi connectivity index (χ0n) is 11.6. The molecule has 1 unspecified atom stereocenters. The Bertz CT molecular complexity index is 373. The quantitative estimate of drug-likeness (QED) is 0.629. The van der Waals surface area contributed by atoms with Crippen molar-refractivity contribution in [3.05, 3.63) is 17.7 Å². The minimum Gasteiger partial charge on any atom is -0.493 e. The Morgan fingerprint density at radius 2 is 1.74 bits per heavy atom. The van der Waals surface area contributed by atoms with Gasteiger partial charge in [-0.15, -0.1) is 0 Å². The van der Waals surface area contributed by atoms with Gasteiger partial charge in [-0.25, -0.2) is 0 Å². The van der Waals surface area contributed by atoms with Crippen molar-refractivity contribution in [2.45, 2.75) is 6.04 Å². The predicted octanol–water partition coefficient (Wildman–Crippen LogP) is 0.294. The van der Waals surface area contributed by atoms with Crippen molar-refractivity contribution >= 4 is 0 Å². The van der Waals surface area contributed by atoms with Gasteiger partial charge in [-0.3, -0.25) is 0 Å². The molecule has 1 atom stereocenters. The highest BCUT2D eigenvalue weighted by atomic mass is 16.5. The number of aliphatic hydroxyl groups is 1. The topological polar surface area (TPSA) is 86.0 Å². The van der Waals surface area contributed by atoms with Gasteiger partial charge in [-0.1, -0.05) is 0 Å². The van der Waals surface area contributed by atoms with Gasteiger partial charge in [0, 0.05) is 19.1 Å². The molecule has 0 aliphatic heterocycles. The molecule has 0 saturated heterocycles. The predicted molar refractivity (Wildman–Crippen MR) is 73.0 cm³/mol. The van der Waals surface area contributed by atoms with E-state index in [4.69, 9.17) is 25.1 Å². The van der Waals surface area contributed by atoms with E-state index < -0.39 is 0 Å². The summed E-state index contributed by atoms with van der Waals surface area (Å²) in [5.41, 5.74) is 6.66. The summed E-state index contributed by atoms with van der Waals surface area (Å²) in [6.07, 6.45) is 0. The van der Waals surface area contributed by atoms with E-state index in [1.807, 2.05) is 12.1 Å². The van der Waals surface area contributed by atoms with Crippen molar-refractivity contribution in [3.8, 4) is 17.2 Å². The number of benzene rings is 1. The molecule has 6 heteroatoms. The van der Waals surface area contributed by atoms with Crippen LogP contribution in [0.4, 0.5) is 0 Å². The summed E-state index contributed by atoms with van der Waals surface area (Å²) in [4.78, 5) is 0. The first-order valence-corrected chi connectivity index (χ1v) is 6.06. The maximum Gasteiger partial charge on any atom is 0.203 e. The number of rotatable bonds is 8. The van der Waals surface area contributed by atoms with Gasteiger partial charge < -0.3 is 30.4 Å². The summed E-state index contributed by atoms with van der Waals surface area (Å²) in [5.74, 6) is 1.72. The third-order valence-electron chi connectivity index (χ3n) is 2.83. The third-order valence-corrected chi connectivity index (χ3v) is 2.83. The van der Waals surface area contributed by atoms with E-state index in [0.29, 0.717) is 30.3 Å². The molecule has 0 radical (unpaired) electrons. The van der Waals surface area contributed by atoms with Gasteiger partial charge in [0.25, 0.3) is 0 Å². The lowest BCUT2D eigenvalue weighted by Gasteiger charge is -2.20. The van der Waals surface area contributed by atoms with E-state index in [0.717, 1.165) is 5.56 Å². The van der Waals surface area contributed by atoms with Crippen LogP contribution in [0.25, 0.3) is 0 Å². The fourth-order valence-corrected chi connectivity index (χ4v) is 1.88. The van der Waals surface area contributed by atoms with Gasteiger partial charge >= 0.3 is 0 Å². The molecule has 1 aromatic carbocycles. The van der Waals surface area contributed by atoms with Crippen LogP contribution in [0.15, 0.2) is 12.1 Å². The number of nitrogens with two attached hydrogens (primary N) is 1. The summed E-state index contributed by atoms with van der Waals surface area (Å²) < 4.78 is 15.9. The largest absolute Gasteiger partial charge is 0.493 e. The van der Waals surface area contributed by atoms with E-state index in [9.17, 15) is 0 Å². The van der Waals surface area contributed by atoms with Crippen molar-refractivity contribution in [3.63, 3.8) is 0 Å². The van der Waals surface area contributed by atoms with Crippen LogP contribution >= 0.6 is 0 Å². The Labute approximate surface area is 113 Å². The van der Waals surface area contributed by atoms with Crippen LogP contribution in [0.3, 0.4) is 0 Å². The highest BCUT2D eigenvalue weighted by molar-refractivity contribution is 5.54. The fourth-order valence-electron chi connectivity index (χ4n) is 1.88. The van der Waals surface area contributed by atoms with Gasteiger partial charge in [0.1, 0.15) is 0 Å². The van der Waals surface area contributed by atoms with E-state index in [-0.39, 0.29) is 12.6 Å². The lowest BCUT2D eigenvalue weighted by Crippen LogP contribution is -2.30. The summed E-state index contributed by atoms with van der Waals surface area (Å²) in [6.45, 7) is 0.929. The van der Waals surface area contributed by atoms with Crippen molar-refractivity contribution in [2.75, 3.05) is 41.0 Å². The van der Waals surface area contributed by atoms with Crippen molar-refractivity contribution in [1.82, 2.24) is 5.32 Å². The van der Waals surface area contributed by atoms with Crippen LogP contribution in [-0.2, 0) is 0 Å². The molecule has 0 bridgehead atoms.